The Hall–Kier alpha value is -1.31. The van der Waals surface area contributed by atoms with E-state index < -0.39 is 14.8 Å². The van der Waals surface area contributed by atoms with Crippen LogP contribution in [0.2, 0.25) is 0 Å². The van der Waals surface area contributed by atoms with Crippen LogP contribution in [-0.4, -0.2) is 56.4 Å². The maximum absolute atomic E-state index is 12.2. The van der Waals surface area contributed by atoms with Gasteiger partial charge in [0, 0.05) is 38.4 Å². The number of nitrogens with zero attached hydrogens (tertiary/aromatic N) is 1. The van der Waals surface area contributed by atoms with Gasteiger partial charge in [-0.2, -0.15) is 0 Å². The second kappa shape index (κ2) is 8.15. The Balaban J connectivity index is 1.91. The van der Waals surface area contributed by atoms with E-state index in [0.717, 1.165) is 44.9 Å². The Morgan fingerprint density at radius 1 is 1.08 bits per heavy atom. The van der Waals surface area contributed by atoms with Crippen LogP contribution >= 0.6 is 0 Å². The van der Waals surface area contributed by atoms with E-state index in [1.54, 1.807) is 32.9 Å². The summed E-state index contributed by atoms with van der Waals surface area (Å²) in [5.74, 6) is 0.744. The molecule has 7 heteroatoms. The topological polar surface area (TPSA) is 70.7 Å². The maximum atomic E-state index is 12.2. The molecule has 6 nitrogen and oxygen atoms in total. The van der Waals surface area contributed by atoms with Gasteiger partial charge >= 0.3 is 0 Å². The third-order valence-electron chi connectivity index (χ3n) is 4.55. The summed E-state index contributed by atoms with van der Waals surface area (Å²) in [7, 11) is -3.42. The number of sulfonamides is 1. The van der Waals surface area contributed by atoms with E-state index in [4.69, 9.17) is 4.74 Å². The van der Waals surface area contributed by atoms with Crippen LogP contribution in [0.5, 0.6) is 5.75 Å². The summed E-state index contributed by atoms with van der Waals surface area (Å²) in [6.45, 7) is 14.5. The van der Waals surface area contributed by atoms with Crippen LogP contribution < -0.4 is 14.8 Å². The molecule has 0 unspecified atom stereocenters. The van der Waals surface area contributed by atoms with Gasteiger partial charge in [-0.25, -0.2) is 8.42 Å². The van der Waals surface area contributed by atoms with Crippen molar-refractivity contribution in [3.8, 4) is 5.75 Å². The maximum Gasteiger partial charge on any atom is 0.237 e. The number of hydrogen-bond acceptors (Lipinski definition) is 5. The number of hydrogen-bond donors (Lipinski definition) is 2. The van der Waals surface area contributed by atoms with E-state index in [-0.39, 0.29) is 5.60 Å². The summed E-state index contributed by atoms with van der Waals surface area (Å²) in [4.78, 5) is 2.45. The van der Waals surface area contributed by atoms with Crippen molar-refractivity contribution in [3.05, 3.63) is 24.3 Å². The molecule has 0 atom stereocenters. The molecule has 0 radical (unpaired) electrons. The molecule has 0 spiro atoms. The lowest BCUT2D eigenvalue weighted by Crippen LogP contribution is -2.45. The number of ether oxygens (including phenoxy) is 1. The van der Waals surface area contributed by atoms with Crippen molar-refractivity contribution < 1.29 is 13.2 Å². The molecular formula is C19H33N3O3S. The van der Waals surface area contributed by atoms with Crippen LogP contribution in [-0.2, 0) is 10.0 Å². The highest BCUT2D eigenvalue weighted by Crippen LogP contribution is 2.25. The second-order valence-corrected chi connectivity index (χ2v) is 10.9. The van der Waals surface area contributed by atoms with E-state index >= 15 is 0 Å². The minimum absolute atomic E-state index is 0.280. The molecule has 0 aliphatic carbocycles. The number of nitrogens with one attached hydrogen (secondary N) is 2. The largest absolute Gasteiger partial charge is 0.488 e. The van der Waals surface area contributed by atoms with Crippen molar-refractivity contribution >= 4 is 15.7 Å². The molecule has 1 aromatic rings. The first kappa shape index (κ1) is 21.0. The fourth-order valence-electron chi connectivity index (χ4n) is 2.63. The lowest BCUT2D eigenvalue weighted by Gasteiger charge is -2.32. The highest BCUT2D eigenvalue weighted by Gasteiger charge is 2.29. The summed E-state index contributed by atoms with van der Waals surface area (Å²) >= 11 is 0. The molecule has 2 N–H and O–H groups in total. The molecule has 26 heavy (non-hydrogen) atoms. The molecule has 148 valence electrons. The van der Waals surface area contributed by atoms with Crippen molar-refractivity contribution in [2.75, 3.05) is 37.4 Å². The van der Waals surface area contributed by atoms with Crippen LogP contribution in [0.4, 0.5) is 5.69 Å². The Morgan fingerprint density at radius 3 is 2.19 bits per heavy atom. The number of anilines is 1. The van der Waals surface area contributed by atoms with E-state index in [1.807, 2.05) is 12.1 Å². The molecule has 1 aromatic carbocycles. The molecule has 0 bridgehead atoms. The fraction of sp³-hybridized carbons (Fsp3) is 0.684. The fourth-order valence-corrected chi connectivity index (χ4v) is 3.38. The molecule has 0 amide bonds. The minimum Gasteiger partial charge on any atom is -0.488 e. The number of piperazine rings is 1. The van der Waals surface area contributed by atoms with E-state index in [1.165, 1.54) is 0 Å². The Morgan fingerprint density at radius 2 is 1.65 bits per heavy atom. The van der Waals surface area contributed by atoms with Crippen molar-refractivity contribution in [1.82, 2.24) is 10.2 Å². The third-order valence-corrected chi connectivity index (χ3v) is 6.66. The van der Waals surface area contributed by atoms with Gasteiger partial charge in [-0.05, 0) is 65.3 Å². The summed E-state index contributed by atoms with van der Waals surface area (Å²) in [5, 5.41) is 3.36. The first-order chi connectivity index (χ1) is 12.0. The molecule has 1 saturated heterocycles. The predicted octanol–water partition coefficient (Wildman–Crippen LogP) is 2.68. The SMILES string of the molecule is CC(C)(CCN1CCNCC1)Oc1ccc(NS(=O)(=O)C(C)(C)C)cc1. The van der Waals surface area contributed by atoms with E-state index in [0.29, 0.717) is 5.69 Å². The van der Waals surface area contributed by atoms with Crippen LogP contribution in [0.15, 0.2) is 24.3 Å². The van der Waals surface area contributed by atoms with Crippen LogP contribution in [0.3, 0.4) is 0 Å². The van der Waals surface area contributed by atoms with Crippen LogP contribution in [0, 0.1) is 0 Å². The highest BCUT2D eigenvalue weighted by atomic mass is 32.2. The average molecular weight is 384 g/mol. The summed E-state index contributed by atoms with van der Waals surface area (Å²) < 4.78 is 32.3. The summed E-state index contributed by atoms with van der Waals surface area (Å²) in [5.41, 5.74) is 0.267. The molecule has 1 aliphatic rings. The second-order valence-electron chi connectivity index (χ2n) is 8.45. The quantitative estimate of drug-likeness (QED) is 0.757. The zero-order chi connectivity index (χ0) is 19.4. The van der Waals surface area contributed by atoms with Crippen LogP contribution in [0.25, 0.3) is 0 Å². The number of rotatable bonds is 7. The van der Waals surface area contributed by atoms with E-state index in [9.17, 15) is 8.42 Å². The number of benzene rings is 1. The average Bonchev–Trinajstić information content (AvgIpc) is 2.54. The third kappa shape index (κ3) is 6.14. The van der Waals surface area contributed by atoms with Crippen molar-refractivity contribution in [2.24, 2.45) is 0 Å². The van der Waals surface area contributed by atoms with Gasteiger partial charge < -0.3 is 15.0 Å². The normalized spacial score (nSPS) is 17.1. The van der Waals surface area contributed by atoms with Crippen molar-refractivity contribution in [2.45, 2.75) is 51.4 Å². The minimum atomic E-state index is -3.42. The van der Waals surface area contributed by atoms with Gasteiger partial charge in [0.1, 0.15) is 11.4 Å². The Labute approximate surface area is 158 Å². The zero-order valence-electron chi connectivity index (χ0n) is 16.6. The highest BCUT2D eigenvalue weighted by molar-refractivity contribution is 7.94. The zero-order valence-corrected chi connectivity index (χ0v) is 17.4. The van der Waals surface area contributed by atoms with Gasteiger partial charge in [0.05, 0.1) is 4.75 Å². The van der Waals surface area contributed by atoms with Gasteiger partial charge in [-0.3, -0.25) is 4.72 Å². The van der Waals surface area contributed by atoms with Gasteiger partial charge in [-0.15, -0.1) is 0 Å². The van der Waals surface area contributed by atoms with Gasteiger partial charge in [-0.1, -0.05) is 0 Å². The molecular weight excluding hydrogens is 350 g/mol. The molecule has 2 rings (SSSR count). The van der Waals surface area contributed by atoms with E-state index in [2.05, 4.69) is 28.8 Å². The molecule has 0 aromatic heterocycles. The van der Waals surface area contributed by atoms with Crippen molar-refractivity contribution in [3.63, 3.8) is 0 Å². The summed E-state index contributed by atoms with van der Waals surface area (Å²) in [6, 6.07) is 7.11. The Bertz CT molecular complexity index is 673. The first-order valence-corrected chi connectivity index (χ1v) is 10.7. The van der Waals surface area contributed by atoms with Crippen LogP contribution in [0.1, 0.15) is 41.0 Å². The molecule has 1 fully saturated rings. The van der Waals surface area contributed by atoms with Gasteiger partial charge in [0.15, 0.2) is 0 Å². The summed E-state index contributed by atoms with van der Waals surface area (Å²) in [6.07, 6.45) is 0.936. The lowest BCUT2D eigenvalue weighted by molar-refractivity contribution is 0.0809. The lowest BCUT2D eigenvalue weighted by atomic mass is 10.0. The Kier molecular flexibility index (Phi) is 6.58. The van der Waals surface area contributed by atoms with Gasteiger partial charge in [0.25, 0.3) is 0 Å². The first-order valence-electron chi connectivity index (χ1n) is 9.23. The molecule has 1 aliphatic heterocycles. The monoisotopic (exact) mass is 383 g/mol. The molecule has 1 heterocycles. The molecule has 0 saturated carbocycles. The standard InChI is InChI=1S/C19H33N3O3S/c1-18(2,3)26(23,24)21-16-6-8-17(9-7-16)25-19(4,5)10-13-22-14-11-20-12-15-22/h6-9,20-21H,10-15H2,1-5H3. The smallest absolute Gasteiger partial charge is 0.237 e. The van der Waals surface area contributed by atoms with Gasteiger partial charge in [0.2, 0.25) is 10.0 Å². The van der Waals surface area contributed by atoms with Crippen molar-refractivity contribution in [1.29, 1.82) is 0 Å². The predicted molar refractivity (Wildman–Crippen MR) is 107 cm³/mol.